The molecule has 0 saturated carbocycles. The van der Waals surface area contributed by atoms with Crippen LogP contribution in [0, 0.1) is 6.92 Å². The van der Waals surface area contributed by atoms with E-state index in [1.54, 1.807) is 6.92 Å². The van der Waals surface area contributed by atoms with E-state index in [-0.39, 0.29) is 22.4 Å². The third kappa shape index (κ3) is 1.41. The number of phenolic OH excluding ortho intramolecular Hbond substituents is 1. The van der Waals surface area contributed by atoms with E-state index in [2.05, 4.69) is 0 Å². The van der Waals surface area contributed by atoms with Crippen molar-refractivity contribution in [1.82, 2.24) is 4.74 Å². The normalized spacial score (nSPS) is 11.6. The van der Waals surface area contributed by atoms with Gasteiger partial charge in [0.15, 0.2) is 5.58 Å². The highest BCUT2D eigenvalue weighted by Gasteiger charge is 2.18. The number of hydrogen-bond donors (Lipinski definition) is 1. The van der Waals surface area contributed by atoms with Crippen molar-refractivity contribution in [3.05, 3.63) is 27.0 Å². The molecule has 0 amide bonds. The van der Waals surface area contributed by atoms with Crippen LogP contribution >= 0.6 is 11.6 Å². The SMILES string of the molecule is Cc1c(O)cc2c(=O)n(C(C)C)oc2c1Cl. The molecule has 0 spiro atoms. The highest BCUT2D eigenvalue weighted by molar-refractivity contribution is 6.35. The number of phenols is 1. The molecule has 4 nitrogen and oxygen atoms in total. The molecule has 0 aliphatic heterocycles. The van der Waals surface area contributed by atoms with Gasteiger partial charge in [-0.05, 0) is 26.8 Å². The van der Waals surface area contributed by atoms with Crippen LogP contribution in [-0.2, 0) is 0 Å². The Balaban J connectivity index is 2.93. The Bertz CT molecular complexity index is 610. The third-order valence-electron chi connectivity index (χ3n) is 2.53. The highest BCUT2D eigenvalue weighted by Crippen LogP contribution is 2.32. The zero-order chi connectivity index (χ0) is 12.0. The number of benzene rings is 1. The second-order valence-corrected chi connectivity index (χ2v) is 4.41. The van der Waals surface area contributed by atoms with Gasteiger partial charge in [-0.2, -0.15) is 4.74 Å². The van der Waals surface area contributed by atoms with Gasteiger partial charge in [-0.15, -0.1) is 0 Å². The van der Waals surface area contributed by atoms with E-state index < -0.39 is 0 Å². The van der Waals surface area contributed by atoms with Gasteiger partial charge in [0.1, 0.15) is 5.75 Å². The summed E-state index contributed by atoms with van der Waals surface area (Å²) in [5, 5.41) is 10.2. The maximum atomic E-state index is 11.9. The van der Waals surface area contributed by atoms with E-state index in [4.69, 9.17) is 16.1 Å². The van der Waals surface area contributed by atoms with Crippen LogP contribution < -0.4 is 5.56 Å². The molecule has 2 aromatic rings. The number of aromatic hydroxyl groups is 1. The largest absolute Gasteiger partial charge is 0.508 e. The number of fused-ring (bicyclic) bond motifs is 1. The Hall–Kier alpha value is -1.42. The summed E-state index contributed by atoms with van der Waals surface area (Å²) in [5.74, 6) is 0.00584. The lowest BCUT2D eigenvalue weighted by Gasteiger charge is -2.01. The first-order chi connectivity index (χ1) is 7.43. The standard InChI is InChI=1S/C11H12ClNO3/c1-5(2)13-11(15)7-4-8(14)6(3)9(12)10(7)16-13/h4-5,14H,1-3H3. The molecule has 86 valence electrons. The molecule has 5 heteroatoms. The number of hydrogen-bond acceptors (Lipinski definition) is 3. The van der Waals surface area contributed by atoms with Crippen LogP contribution in [0.2, 0.25) is 5.02 Å². The topological polar surface area (TPSA) is 55.4 Å². The zero-order valence-corrected chi connectivity index (χ0v) is 10.00. The number of nitrogens with zero attached hydrogens (tertiary/aromatic N) is 1. The van der Waals surface area contributed by atoms with E-state index in [1.807, 2.05) is 13.8 Å². The molecule has 0 bridgehead atoms. The summed E-state index contributed by atoms with van der Waals surface area (Å²) in [6, 6.07) is 1.31. The fourth-order valence-corrected chi connectivity index (χ4v) is 1.79. The summed E-state index contributed by atoms with van der Waals surface area (Å²) in [5.41, 5.74) is 0.566. The van der Waals surface area contributed by atoms with Crippen LogP contribution in [0.4, 0.5) is 0 Å². The predicted octanol–water partition coefficient (Wildman–Crippen LogP) is 2.84. The molecule has 0 fully saturated rings. The van der Waals surface area contributed by atoms with Crippen molar-refractivity contribution in [3.8, 4) is 5.75 Å². The molecule has 2 rings (SSSR count). The number of aromatic nitrogens is 1. The van der Waals surface area contributed by atoms with Gasteiger partial charge in [0, 0.05) is 5.56 Å². The summed E-state index contributed by atoms with van der Waals surface area (Å²) in [4.78, 5) is 11.9. The summed E-state index contributed by atoms with van der Waals surface area (Å²) >= 11 is 6.02. The smallest absolute Gasteiger partial charge is 0.290 e. The summed E-state index contributed by atoms with van der Waals surface area (Å²) in [6.07, 6.45) is 0. The monoisotopic (exact) mass is 241 g/mol. The molecule has 1 aromatic heterocycles. The van der Waals surface area contributed by atoms with Crippen LogP contribution in [0.1, 0.15) is 25.5 Å². The predicted molar refractivity (Wildman–Crippen MR) is 62.3 cm³/mol. The maximum Gasteiger partial charge on any atom is 0.290 e. The fourth-order valence-electron chi connectivity index (χ4n) is 1.56. The Morgan fingerprint density at radius 2 is 2.12 bits per heavy atom. The van der Waals surface area contributed by atoms with Crippen molar-refractivity contribution >= 4 is 22.6 Å². The highest BCUT2D eigenvalue weighted by atomic mass is 35.5. The van der Waals surface area contributed by atoms with Crippen molar-refractivity contribution in [2.24, 2.45) is 0 Å². The second-order valence-electron chi connectivity index (χ2n) is 4.03. The molecule has 16 heavy (non-hydrogen) atoms. The molecule has 1 aromatic carbocycles. The third-order valence-corrected chi connectivity index (χ3v) is 2.98. The van der Waals surface area contributed by atoms with Gasteiger partial charge in [0.25, 0.3) is 5.56 Å². The first-order valence-corrected chi connectivity index (χ1v) is 5.35. The van der Waals surface area contributed by atoms with Crippen LogP contribution in [-0.4, -0.2) is 9.85 Å². The lowest BCUT2D eigenvalue weighted by molar-refractivity contribution is 0.251. The van der Waals surface area contributed by atoms with Crippen molar-refractivity contribution in [3.63, 3.8) is 0 Å². The molecule has 0 unspecified atom stereocenters. The molecule has 1 heterocycles. The molecule has 0 radical (unpaired) electrons. The fraction of sp³-hybridized carbons (Fsp3) is 0.364. The van der Waals surface area contributed by atoms with Crippen molar-refractivity contribution in [1.29, 1.82) is 0 Å². The summed E-state index contributed by atoms with van der Waals surface area (Å²) in [7, 11) is 0. The Kier molecular flexibility index (Phi) is 2.46. The lowest BCUT2D eigenvalue weighted by Crippen LogP contribution is -2.15. The minimum Gasteiger partial charge on any atom is -0.508 e. The van der Waals surface area contributed by atoms with Crippen molar-refractivity contribution in [2.75, 3.05) is 0 Å². The average Bonchev–Trinajstić information content (AvgIpc) is 2.54. The second kappa shape index (κ2) is 3.56. The molecule has 0 aliphatic rings. The van der Waals surface area contributed by atoms with E-state index in [1.165, 1.54) is 10.8 Å². The zero-order valence-electron chi connectivity index (χ0n) is 9.24. The molecule has 0 saturated heterocycles. The maximum absolute atomic E-state index is 11.9. The average molecular weight is 242 g/mol. The van der Waals surface area contributed by atoms with Crippen LogP contribution in [0.15, 0.2) is 15.4 Å². The minimum atomic E-state index is -0.276. The van der Waals surface area contributed by atoms with Crippen molar-refractivity contribution in [2.45, 2.75) is 26.8 Å². The summed E-state index contributed by atoms with van der Waals surface area (Å²) in [6.45, 7) is 5.35. The summed E-state index contributed by atoms with van der Waals surface area (Å²) < 4.78 is 6.63. The molecular formula is C11H12ClNO3. The van der Waals surface area contributed by atoms with E-state index in [0.717, 1.165) is 0 Å². The van der Waals surface area contributed by atoms with E-state index in [9.17, 15) is 9.90 Å². The first kappa shape index (κ1) is 11.1. The van der Waals surface area contributed by atoms with Gasteiger partial charge in [-0.3, -0.25) is 4.79 Å². The van der Waals surface area contributed by atoms with Crippen molar-refractivity contribution < 1.29 is 9.63 Å². The Labute approximate surface area is 97.0 Å². The van der Waals surface area contributed by atoms with Gasteiger partial charge < -0.3 is 9.63 Å². The number of rotatable bonds is 1. The minimum absolute atomic E-state index is 0.00584. The quantitative estimate of drug-likeness (QED) is 0.835. The van der Waals surface area contributed by atoms with Gasteiger partial charge in [-0.25, -0.2) is 0 Å². The van der Waals surface area contributed by atoms with E-state index >= 15 is 0 Å². The number of halogens is 1. The van der Waals surface area contributed by atoms with Gasteiger partial charge in [-0.1, -0.05) is 11.6 Å². The molecule has 1 N–H and O–H groups in total. The lowest BCUT2D eigenvalue weighted by atomic mass is 10.1. The Morgan fingerprint density at radius 3 is 2.69 bits per heavy atom. The van der Waals surface area contributed by atoms with Gasteiger partial charge in [0.2, 0.25) is 0 Å². The van der Waals surface area contributed by atoms with Gasteiger partial charge in [0.05, 0.1) is 16.5 Å². The Morgan fingerprint density at radius 1 is 1.50 bits per heavy atom. The van der Waals surface area contributed by atoms with Crippen LogP contribution in [0.5, 0.6) is 5.75 Å². The first-order valence-electron chi connectivity index (χ1n) is 4.97. The molecule has 0 atom stereocenters. The van der Waals surface area contributed by atoms with Crippen LogP contribution in [0.3, 0.4) is 0 Å². The van der Waals surface area contributed by atoms with Gasteiger partial charge >= 0.3 is 0 Å². The van der Waals surface area contributed by atoms with E-state index in [0.29, 0.717) is 16.5 Å². The van der Waals surface area contributed by atoms with Crippen LogP contribution in [0.25, 0.3) is 11.0 Å². The molecular weight excluding hydrogens is 230 g/mol. The molecule has 0 aliphatic carbocycles.